The molecule has 2 aliphatic carbocycles. The van der Waals surface area contributed by atoms with Crippen molar-refractivity contribution in [1.29, 1.82) is 0 Å². The SMILES string of the molecule is C=CCOCC1CCC(C2CCC(CC)CC2)CC1. The highest BCUT2D eigenvalue weighted by atomic mass is 16.5. The van der Waals surface area contributed by atoms with Crippen molar-refractivity contribution in [2.75, 3.05) is 13.2 Å². The lowest BCUT2D eigenvalue weighted by Gasteiger charge is -2.37. The van der Waals surface area contributed by atoms with Crippen molar-refractivity contribution in [2.45, 2.75) is 64.7 Å². The Kier molecular flexibility index (Phi) is 6.43. The van der Waals surface area contributed by atoms with Crippen molar-refractivity contribution in [1.82, 2.24) is 0 Å². The molecule has 0 aromatic heterocycles. The van der Waals surface area contributed by atoms with Gasteiger partial charge in [0.05, 0.1) is 6.61 Å². The Morgan fingerprint density at radius 1 is 0.895 bits per heavy atom. The fourth-order valence-electron chi connectivity index (χ4n) is 4.21. The maximum atomic E-state index is 5.61. The lowest BCUT2D eigenvalue weighted by molar-refractivity contribution is 0.0783. The molecule has 2 fully saturated rings. The lowest BCUT2D eigenvalue weighted by atomic mass is 9.69. The fraction of sp³-hybridized carbons (Fsp3) is 0.889. The predicted molar refractivity (Wildman–Crippen MR) is 82.2 cm³/mol. The fourth-order valence-corrected chi connectivity index (χ4v) is 4.21. The predicted octanol–water partition coefficient (Wildman–Crippen LogP) is 5.21. The van der Waals surface area contributed by atoms with E-state index in [4.69, 9.17) is 4.74 Å². The summed E-state index contributed by atoms with van der Waals surface area (Å²) in [4.78, 5) is 0. The van der Waals surface area contributed by atoms with E-state index in [1.54, 1.807) is 0 Å². The van der Waals surface area contributed by atoms with E-state index in [0.717, 1.165) is 36.9 Å². The smallest absolute Gasteiger partial charge is 0.0644 e. The summed E-state index contributed by atoms with van der Waals surface area (Å²) in [6.45, 7) is 7.75. The van der Waals surface area contributed by atoms with E-state index in [-0.39, 0.29) is 0 Å². The molecule has 2 saturated carbocycles. The molecule has 0 aromatic rings. The van der Waals surface area contributed by atoms with Crippen LogP contribution >= 0.6 is 0 Å². The van der Waals surface area contributed by atoms with Gasteiger partial charge in [0.25, 0.3) is 0 Å². The second-order valence-corrected chi connectivity index (χ2v) is 6.80. The van der Waals surface area contributed by atoms with E-state index in [2.05, 4.69) is 13.5 Å². The minimum atomic E-state index is 0.723. The van der Waals surface area contributed by atoms with Gasteiger partial charge in [0, 0.05) is 6.61 Å². The zero-order valence-electron chi connectivity index (χ0n) is 12.8. The van der Waals surface area contributed by atoms with Crippen molar-refractivity contribution in [2.24, 2.45) is 23.7 Å². The molecule has 19 heavy (non-hydrogen) atoms. The highest BCUT2D eigenvalue weighted by Gasteiger charge is 2.30. The van der Waals surface area contributed by atoms with E-state index in [9.17, 15) is 0 Å². The van der Waals surface area contributed by atoms with Gasteiger partial charge in [-0.25, -0.2) is 0 Å². The summed E-state index contributed by atoms with van der Waals surface area (Å²) in [5.41, 5.74) is 0. The zero-order valence-corrected chi connectivity index (χ0v) is 12.8. The number of hydrogen-bond acceptors (Lipinski definition) is 1. The van der Waals surface area contributed by atoms with Gasteiger partial charge in [-0.15, -0.1) is 6.58 Å². The average Bonchev–Trinajstić information content (AvgIpc) is 2.48. The van der Waals surface area contributed by atoms with Crippen LogP contribution in [-0.4, -0.2) is 13.2 Å². The van der Waals surface area contributed by atoms with Gasteiger partial charge in [-0.05, 0) is 62.2 Å². The average molecular weight is 264 g/mol. The Bertz CT molecular complexity index is 244. The van der Waals surface area contributed by atoms with Gasteiger partial charge in [0.2, 0.25) is 0 Å². The molecule has 1 heteroatoms. The van der Waals surface area contributed by atoms with Crippen LogP contribution in [0.2, 0.25) is 0 Å². The molecular formula is C18H32O. The molecule has 0 atom stereocenters. The molecule has 0 N–H and O–H groups in total. The van der Waals surface area contributed by atoms with Crippen LogP contribution in [0.5, 0.6) is 0 Å². The first-order valence-electron chi connectivity index (χ1n) is 8.52. The summed E-state index contributed by atoms with van der Waals surface area (Å²) in [7, 11) is 0. The van der Waals surface area contributed by atoms with Gasteiger partial charge in [-0.3, -0.25) is 0 Å². The Labute approximate surface area is 119 Å². The minimum absolute atomic E-state index is 0.723. The van der Waals surface area contributed by atoms with Crippen LogP contribution < -0.4 is 0 Å². The summed E-state index contributed by atoms with van der Waals surface area (Å²) >= 11 is 0. The van der Waals surface area contributed by atoms with Gasteiger partial charge in [-0.1, -0.05) is 32.3 Å². The molecule has 0 bridgehead atoms. The van der Waals surface area contributed by atoms with Crippen LogP contribution in [0.25, 0.3) is 0 Å². The second kappa shape index (κ2) is 8.09. The van der Waals surface area contributed by atoms with Crippen LogP contribution in [0.3, 0.4) is 0 Å². The Morgan fingerprint density at radius 2 is 1.42 bits per heavy atom. The van der Waals surface area contributed by atoms with Crippen molar-refractivity contribution in [3.63, 3.8) is 0 Å². The van der Waals surface area contributed by atoms with Gasteiger partial charge in [0.1, 0.15) is 0 Å². The van der Waals surface area contributed by atoms with E-state index in [1.165, 1.54) is 57.8 Å². The third-order valence-electron chi connectivity index (χ3n) is 5.62. The number of hydrogen-bond donors (Lipinski definition) is 0. The van der Waals surface area contributed by atoms with Crippen LogP contribution in [0, 0.1) is 23.7 Å². The Hall–Kier alpha value is -0.300. The molecule has 1 nitrogen and oxygen atoms in total. The van der Waals surface area contributed by atoms with Crippen molar-refractivity contribution < 1.29 is 4.74 Å². The summed E-state index contributed by atoms with van der Waals surface area (Å²) in [5.74, 6) is 3.95. The molecule has 110 valence electrons. The molecule has 0 amide bonds. The molecule has 2 rings (SSSR count). The lowest BCUT2D eigenvalue weighted by Crippen LogP contribution is -2.27. The normalized spacial score (nSPS) is 36.1. The van der Waals surface area contributed by atoms with E-state index in [0.29, 0.717) is 0 Å². The number of ether oxygens (including phenoxy) is 1. The molecule has 0 saturated heterocycles. The van der Waals surface area contributed by atoms with Gasteiger partial charge < -0.3 is 4.74 Å². The summed E-state index contributed by atoms with van der Waals surface area (Å²) in [6, 6.07) is 0. The van der Waals surface area contributed by atoms with Crippen LogP contribution in [0.1, 0.15) is 64.7 Å². The number of rotatable bonds is 6. The molecule has 0 unspecified atom stereocenters. The Balaban J connectivity index is 1.64. The van der Waals surface area contributed by atoms with Gasteiger partial charge in [-0.2, -0.15) is 0 Å². The maximum absolute atomic E-state index is 5.61. The standard InChI is InChI=1S/C18H32O/c1-3-13-19-14-16-7-11-18(12-8-16)17-9-5-15(4-2)6-10-17/h3,15-18H,1,4-14H2,2H3. The van der Waals surface area contributed by atoms with Crippen molar-refractivity contribution in [3.05, 3.63) is 12.7 Å². The third kappa shape index (κ3) is 4.63. The first-order chi connectivity index (χ1) is 9.33. The summed E-state index contributed by atoms with van der Waals surface area (Å²) < 4.78 is 5.61. The summed E-state index contributed by atoms with van der Waals surface area (Å²) in [5, 5.41) is 0. The highest BCUT2D eigenvalue weighted by molar-refractivity contribution is 4.81. The molecule has 0 heterocycles. The largest absolute Gasteiger partial charge is 0.377 e. The Morgan fingerprint density at radius 3 is 1.89 bits per heavy atom. The molecule has 0 radical (unpaired) electrons. The molecule has 0 spiro atoms. The summed E-state index contributed by atoms with van der Waals surface area (Å²) in [6.07, 6.45) is 15.0. The monoisotopic (exact) mass is 264 g/mol. The molecule has 2 aliphatic rings. The van der Waals surface area contributed by atoms with E-state index in [1.807, 2.05) is 6.08 Å². The molecule has 0 aromatic carbocycles. The maximum Gasteiger partial charge on any atom is 0.0644 e. The van der Waals surface area contributed by atoms with Gasteiger partial charge >= 0.3 is 0 Å². The van der Waals surface area contributed by atoms with Crippen molar-refractivity contribution >= 4 is 0 Å². The van der Waals surface area contributed by atoms with Gasteiger partial charge in [0.15, 0.2) is 0 Å². The first-order valence-corrected chi connectivity index (χ1v) is 8.52. The molecular weight excluding hydrogens is 232 g/mol. The van der Waals surface area contributed by atoms with Crippen LogP contribution in [-0.2, 0) is 4.74 Å². The van der Waals surface area contributed by atoms with E-state index < -0.39 is 0 Å². The van der Waals surface area contributed by atoms with Crippen LogP contribution in [0.4, 0.5) is 0 Å². The first kappa shape index (κ1) is 15.1. The van der Waals surface area contributed by atoms with Crippen LogP contribution in [0.15, 0.2) is 12.7 Å². The third-order valence-corrected chi connectivity index (χ3v) is 5.62. The van der Waals surface area contributed by atoms with Crippen molar-refractivity contribution in [3.8, 4) is 0 Å². The molecule has 0 aliphatic heterocycles. The second-order valence-electron chi connectivity index (χ2n) is 6.80. The minimum Gasteiger partial charge on any atom is -0.377 e. The zero-order chi connectivity index (χ0) is 13.5. The highest BCUT2D eigenvalue weighted by Crippen LogP contribution is 2.41. The van der Waals surface area contributed by atoms with E-state index >= 15 is 0 Å². The topological polar surface area (TPSA) is 9.23 Å². The quantitative estimate of drug-likeness (QED) is 0.472.